The van der Waals surface area contributed by atoms with Crippen LogP contribution in [0.25, 0.3) is 0 Å². The van der Waals surface area contributed by atoms with Crippen molar-refractivity contribution in [1.82, 2.24) is 10.4 Å². The first kappa shape index (κ1) is 14.4. The zero-order valence-electron chi connectivity index (χ0n) is 8.41. The number of likely N-dealkylation sites (N-methyl/N-ethyl adjacent to an activating group) is 1. The smallest absolute Gasteiger partial charge is 0.223 e. The van der Waals surface area contributed by atoms with Gasteiger partial charge in [0.2, 0.25) is 5.91 Å². The highest BCUT2D eigenvalue weighted by Gasteiger charge is 2.13. The second kappa shape index (κ2) is 7.65. The fourth-order valence-corrected chi connectivity index (χ4v) is 2.29. The third-order valence-corrected chi connectivity index (χ3v) is 3.04. The lowest BCUT2D eigenvalue weighted by atomic mass is 10.1. The van der Waals surface area contributed by atoms with Gasteiger partial charge in [-0.3, -0.25) is 9.59 Å². The summed E-state index contributed by atoms with van der Waals surface area (Å²) in [6.45, 7) is 1.53. The molecule has 0 radical (unpaired) electrons. The lowest BCUT2D eigenvalue weighted by molar-refractivity contribution is -0.120. The Hall–Kier alpha value is 0.390. The fourth-order valence-electron chi connectivity index (χ4n) is 1.03. The molecule has 3 unspecified atom stereocenters. The molecule has 0 aromatic rings. The van der Waals surface area contributed by atoms with Crippen molar-refractivity contribution in [3.63, 3.8) is 0 Å². The lowest BCUT2D eigenvalue weighted by Gasteiger charge is -2.13. The van der Waals surface area contributed by atoms with E-state index in [2.05, 4.69) is 28.3 Å². The SMILES string of the molecule is CNC(CCC(=O)NP(P)P)C(C)=O. The molecule has 0 fully saturated rings. The van der Waals surface area contributed by atoms with E-state index in [4.69, 9.17) is 0 Å². The molecular weight excluding hydrogens is 237 g/mol. The van der Waals surface area contributed by atoms with Crippen LogP contribution in [0.2, 0.25) is 0 Å². The molecule has 3 atom stereocenters. The topological polar surface area (TPSA) is 58.2 Å². The van der Waals surface area contributed by atoms with Crippen molar-refractivity contribution in [2.75, 3.05) is 7.05 Å². The monoisotopic (exact) mass is 254 g/mol. The molecule has 0 heterocycles. The Kier molecular flexibility index (Phi) is 7.86. The number of nitrogens with one attached hydrogen (secondary N) is 2. The first-order chi connectivity index (χ1) is 6.47. The van der Waals surface area contributed by atoms with E-state index in [1.54, 1.807) is 7.05 Å². The number of carbonyl (C=O) groups excluding carboxylic acids is 2. The largest absolute Gasteiger partial charge is 0.329 e. The zero-order chi connectivity index (χ0) is 11.1. The summed E-state index contributed by atoms with van der Waals surface area (Å²) in [6.07, 6.45) is 0.933. The van der Waals surface area contributed by atoms with Crippen LogP contribution in [0.1, 0.15) is 19.8 Å². The molecule has 14 heavy (non-hydrogen) atoms. The van der Waals surface area contributed by atoms with E-state index in [9.17, 15) is 9.59 Å². The molecule has 4 nitrogen and oxygen atoms in total. The number of rotatable bonds is 6. The highest BCUT2D eigenvalue weighted by Crippen LogP contribution is 2.48. The number of amides is 1. The number of Topliss-reactive ketones (excluding diaryl/α,β-unsaturated/α-hetero) is 1. The Morgan fingerprint density at radius 2 is 2.00 bits per heavy atom. The predicted octanol–water partition coefficient (Wildman–Crippen LogP) is 1.04. The second-order valence-electron chi connectivity index (χ2n) is 2.93. The minimum absolute atomic E-state index is 0.0115. The van der Waals surface area contributed by atoms with Crippen LogP contribution >= 0.6 is 25.3 Å². The minimum Gasteiger partial charge on any atom is -0.329 e. The quantitative estimate of drug-likeness (QED) is 0.696. The van der Waals surface area contributed by atoms with Gasteiger partial charge < -0.3 is 10.4 Å². The van der Waals surface area contributed by atoms with Gasteiger partial charge in [0.25, 0.3) is 0 Å². The van der Waals surface area contributed by atoms with Crippen LogP contribution < -0.4 is 10.4 Å². The molecule has 0 bridgehead atoms. The van der Waals surface area contributed by atoms with E-state index >= 15 is 0 Å². The van der Waals surface area contributed by atoms with Gasteiger partial charge >= 0.3 is 0 Å². The maximum absolute atomic E-state index is 11.2. The van der Waals surface area contributed by atoms with Gasteiger partial charge in [-0.05, 0) is 20.4 Å². The number of ketones is 1. The summed E-state index contributed by atoms with van der Waals surface area (Å²) >= 11 is 0. The Bertz CT molecular complexity index is 211. The molecule has 82 valence electrons. The maximum Gasteiger partial charge on any atom is 0.223 e. The first-order valence-electron chi connectivity index (χ1n) is 4.24. The van der Waals surface area contributed by atoms with Crippen LogP contribution in [0.4, 0.5) is 0 Å². The summed E-state index contributed by atoms with van der Waals surface area (Å²) in [5.41, 5.74) is 0. The van der Waals surface area contributed by atoms with Crippen LogP contribution in [0.3, 0.4) is 0 Å². The van der Waals surface area contributed by atoms with Crippen molar-refractivity contribution in [2.45, 2.75) is 25.8 Å². The zero-order valence-corrected chi connectivity index (χ0v) is 11.6. The van der Waals surface area contributed by atoms with Crippen LogP contribution in [0.15, 0.2) is 0 Å². The first-order valence-corrected chi connectivity index (χ1v) is 8.82. The third kappa shape index (κ3) is 6.79. The lowest BCUT2D eigenvalue weighted by Crippen LogP contribution is -2.33. The Morgan fingerprint density at radius 1 is 1.43 bits per heavy atom. The summed E-state index contributed by atoms with van der Waals surface area (Å²) in [4.78, 5) is 22.2. The molecule has 0 spiro atoms. The average molecular weight is 254 g/mol. The molecule has 0 aliphatic carbocycles. The van der Waals surface area contributed by atoms with Crippen molar-refractivity contribution in [3.05, 3.63) is 0 Å². The molecule has 0 saturated heterocycles. The van der Waals surface area contributed by atoms with E-state index in [1.165, 1.54) is 6.92 Å². The van der Waals surface area contributed by atoms with Gasteiger partial charge in [0.1, 0.15) is 5.78 Å². The summed E-state index contributed by atoms with van der Waals surface area (Å²) in [5.74, 6) is 0.0573. The van der Waals surface area contributed by atoms with Gasteiger partial charge in [0.05, 0.1) is 6.04 Å². The number of hydrogen-bond donors (Lipinski definition) is 2. The summed E-state index contributed by atoms with van der Waals surface area (Å²) in [5, 5.41) is 5.65. The van der Waals surface area contributed by atoms with Gasteiger partial charge in [-0.15, -0.1) is 0 Å². The van der Waals surface area contributed by atoms with E-state index in [-0.39, 0.29) is 17.7 Å². The van der Waals surface area contributed by atoms with Gasteiger partial charge in [-0.1, -0.05) is 17.9 Å². The third-order valence-electron chi connectivity index (χ3n) is 1.75. The normalized spacial score (nSPS) is 12.6. The van der Waals surface area contributed by atoms with Crippen molar-refractivity contribution < 1.29 is 9.59 Å². The van der Waals surface area contributed by atoms with Crippen molar-refractivity contribution in [3.8, 4) is 0 Å². The van der Waals surface area contributed by atoms with Gasteiger partial charge in [0, 0.05) is 13.9 Å². The van der Waals surface area contributed by atoms with Crippen LogP contribution in [0.5, 0.6) is 0 Å². The molecule has 0 rings (SSSR count). The van der Waals surface area contributed by atoms with Crippen LogP contribution in [-0.4, -0.2) is 24.8 Å². The molecule has 0 aromatic heterocycles. The predicted molar refractivity (Wildman–Crippen MR) is 67.2 cm³/mol. The van der Waals surface area contributed by atoms with Crippen molar-refractivity contribution in [2.24, 2.45) is 0 Å². The van der Waals surface area contributed by atoms with E-state index in [1.807, 2.05) is 0 Å². The Morgan fingerprint density at radius 3 is 2.36 bits per heavy atom. The van der Waals surface area contributed by atoms with Crippen LogP contribution in [0, 0.1) is 0 Å². The van der Waals surface area contributed by atoms with Gasteiger partial charge in [0.15, 0.2) is 0 Å². The number of hydrogen-bond acceptors (Lipinski definition) is 3. The second-order valence-corrected chi connectivity index (χ2v) is 9.10. The Balaban J connectivity index is 3.80. The minimum atomic E-state index is -0.562. The van der Waals surface area contributed by atoms with Crippen LogP contribution in [-0.2, 0) is 9.59 Å². The average Bonchev–Trinajstić information content (AvgIpc) is 2.03. The molecule has 0 saturated carbocycles. The van der Waals surface area contributed by atoms with Crippen molar-refractivity contribution >= 4 is 37.0 Å². The highest BCUT2D eigenvalue weighted by molar-refractivity contribution is 8.42. The molecule has 2 N–H and O–H groups in total. The van der Waals surface area contributed by atoms with E-state index in [0.29, 0.717) is 12.8 Å². The summed E-state index contributed by atoms with van der Waals surface area (Å²) < 4.78 is 0. The fraction of sp³-hybridized carbons (Fsp3) is 0.714. The molecule has 0 aromatic carbocycles. The summed E-state index contributed by atoms with van der Waals surface area (Å²) in [6, 6.07) is -0.207. The maximum atomic E-state index is 11.2. The molecule has 0 aliphatic heterocycles. The van der Waals surface area contributed by atoms with E-state index < -0.39 is 7.45 Å². The number of carbonyl (C=O) groups is 2. The summed E-state index contributed by atoms with van der Waals surface area (Å²) in [7, 11) is 6.20. The van der Waals surface area contributed by atoms with E-state index in [0.717, 1.165) is 0 Å². The molecule has 7 heteroatoms. The molecule has 0 aliphatic rings. The van der Waals surface area contributed by atoms with Gasteiger partial charge in [-0.2, -0.15) is 0 Å². The standard InChI is InChI=1S/C7H17N2O2P3/c1-5(10)6(8-2)3-4-7(11)9-14(12)13/h6,8H,3-4,12-13H2,1-2H3,(H,9,11). The van der Waals surface area contributed by atoms with Gasteiger partial charge in [-0.25, -0.2) is 0 Å². The highest BCUT2D eigenvalue weighted by atomic mass is 32.4. The molecule has 1 amide bonds. The Labute approximate surface area is 90.4 Å². The van der Waals surface area contributed by atoms with Crippen molar-refractivity contribution in [1.29, 1.82) is 0 Å². The molecular formula is C7H17N2O2P3.